The Bertz CT molecular complexity index is 577. The summed E-state index contributed by atoms with van der Waals surface area (Å²) in [5, 5.41) is 9.43. The Morgan fingerprint density at radius 3 is 2.83 bits per heavy atom. The van der Waals surface area contributed by atoms with E-state index < -0.39 is 0 Å². The van der Waals surface area contributed by atoms with Gasteiger partial charge in [-0.2, -0.15) is 5.10 Å². The highest BCUT2D eigenvalue weighted by Gasteiger charge is 2.09. The first kappa shape index (κ1) is 12.3. The van der Waals surface area contributed by atoms with Crippen molar-refractivity contribution in [3.05, 3.63) is 46.9 Å². The van der Waals surface area contributed by atoms with Crippen LogP contribution < -0.4 is 5.32 Å². The predicted molar refractivity (Wildman–Crippen MR) is 67.1 cm³/mol. The van der Waals surface area contributed by atoms with E-state index in [-0.39, 0.29) is 11.7 Å². The summed E-state index contributed by atoms with van der Waals surface area (Å²) in [6.45, 7) is 3.61. The number of aromatic amines is 1. The number of aromatic nitrogens is 2. The summed E-state index contributed by atoms with van der Waals surface area (Å²) in [4.78, 5) is 11.9. The van der Waals surface area contributed by atoms with Crippen LogP contribution in [-0.2, 0) is 6.42 Å². The van der Waals surface area contributed by atoms with Crippen molar-refractivity contribution in [2.75, 3.05) is 5.32 Å². The number of H-pyrrole nitrogens is 1. The van der Waals surface area contributed by atoms with Crippen molar-refractivity contribution >= 4 is 11.7 Å². The third kappa shape index (κ3) is 2.56. The Kier molecular flexibility index (Phi) is 3.41. The summed E-state index contributed by atoms with van der Waals surface area (Å²) < 4.78 is 13.1. The van der Waals surface area contributed by atoms with E-state index >= 15 is 0 Å². The fourth-order valence-corrected chi connectivity index (χ4v) is 1.58. The van der Waals surface area contributed by atoms with Crippen LogP contribution in [0.4, 0.5) is 10.2 Å². The minimum atomic E-state index is -0.320. The Labute approximate surface area is 104 Å². The molecule has 1 aromatic heterocycles. The van der Waals surface area contributed by atoms with Gasteiger partial charge >= 0.3 is 0 Å². The van der Waals surface area contributed by atoms with Gasteiger partial charge in [0.05, 0.1) is 0 Å². The highest BCUT2D eigenvalue weighted by Crippen LogP contribution is 2.12. The number of benzene rings is 1. The third-order valence-corrected chi connectivity index (χ3v) is 2.67. The van der Waals surface area contributed by atoms with Crippen LogP contribution in [0.5, 0.6) is 0 Å². The van der Waals surface area contributed by atoms with Crippen molar-refractivity contribution in [3.63, 3.8) is 0 Å². The highest BCUT2D eigenvalue weighted by molar-refractivity contribution is 6.03. The molecule has 0 saturated heterocycles. The zero-order valence-electron chi connectivity index (χ0n) is 10.2. The molecule has 0 unspecified atom stereocenters. The van der Waals surface area contributed by atoms with Crippen LogP contribution in [0.3, 0.4) is 0 Å². The smallest absolute Gasteiger partial charge is 0.256 e. The molecular weight excluding hydrogens is 233 g/mol. The molecule has 0 aliphatic rings. The van der Waals surface area contributed by atoms with Gasteiger partial charge in [0.15, 0.2) is 5.82 Å². The van der Waals surface area contributed by atoms with Crippen molar-refractivity contribution in [2.45, 2.75) is 20.3 Å². The average Bonchev–Trinajstić information content (AvgIpc) is 2.80. The molecule has 5 heteroatoms. The summed E-state index contributed by atoms with van der Waals surface area (Å²) in [6.07, 6.45) is 0.818. The quantitative estimate of drug-likeness (QED) is 0.876. The van der Waals surface area contributed by atoms with Gasteiger partial charge in [-0.25, -0.2) is 4.39 Å². The molecule has 0 atom stereocenters. The molecular formula is C13H14FN3O. The van der Waals surface area contributed by atoms with Gasteiger partial charge in [0, 0.05) is 17.3 Å². The summed E-state index contributed by atoms with van der Waals surface area (Å²) in [7, 11) is 0. The largest absolute Gasteiger partial charge is 0.305 e. The number of anilines is 1. The van der Waals surface area contributed by atoms with Gasteiger partial charge < -0.3 is 5.32 Å². The van der Waals surface area contributed by atoms with E-state index in [0.717, 1.165) is 12.1 Å². The number of carbonyl (C=O) groups is 1. The van der Waals surface area contributed by atoms with Crippen LogP contribution in [-0.4, -0.2) is 16.1 Å². The lowest BCUT2D eigenvalue weighted by molar-refractivity contribution is 0.102. The van der Waals surface area contributed by atoms with Crippen LogP contribution in [0.15, 0.2) is 24.3 Å². The molecule has 0 spiro atoms. The highest BCUT2D eigenvalue weighted by atomic mass is 19.1. The van der Waals surface area contributed by atoms with Gasteiger partial charge in [-0.1, -0.05) is 6.92 Å². The van der Waals surface area contributed by atoms with Crippen molar-refractivity contribution in [1.29, 1.82) is 0 Å². The van der Waals surface area contributed by atoms with E-state index in [2.05, 4.69) is 15.5 Å². The van der Waals surface area contributed by atoms with Crippen LogP contribution in [0.25, 0.3) is 0 Å². The molecule has 18 heavy (non-hydrogen) atoms. The summed E-state index contributed by atoms with van der Waals surface area (Å²) in [5.74, 6) is -0.148. The van der Waals surface area contributed by atoms with Crippen molar-refractivity contribution in [2.24, 2.45) is 0 Å². The normalized spacial score (nSPS) is 10.4. The second-order valence-electron chi connectivity index (χ2n) is 4.05. The molecule has 0 bridgehead atoms. The molecule has 0 radical (unpaired) electrons. The molecule has 0 aliphatic carbocycles. The number of nitrogens with zero attached hydrogens (tertiary/aromatic N) is 1. The minimum Gasteiger partial charge on any atom is -0.305 e. The molecule has 0 aliphatic heterocycles. The Hall–Kier alpha value is -2.17. The number of amides is 1. The zero-order valence-corrected chi connectivity index (χ0v) is 10.2. The predicted octanol–water partition coefficient (Wildman–Crippen LogP) is 2.67. The Morgan fingerprint density at radius 1 is 1.44 bits per heavy atom. The number of hydrogen-bond donors (Lipinski definition) is 2. The lowest BCUT2D eigenvalue weighted by atomic mass is 10.1. The molecule has 1 aromatic carbocycles. The van der Waals surface area contributed by atoms with Crippen LogP contribution in [0.2, 0.25) is 0 Å². The van der Waals surface area contributed by atoms with Gasteiger partial charge in [-0.15, -0.1) is 0 Å². The van der Waals surface area contributed by atoms with Crippen molar-refractivity contribution in [1.82, 2.24) is 10.2 Å². The number of nitrogens with one attached hydrogen (secondary N) is 2. The SMILES string of the molecule is CCc1cc(NC(=O)c2ccc(F)c(C)c2)n[nH]1. The second kappa shape index (κ2) is 5.00. The standard InChI is InChI=1S/C13H14FN3O/c1-3-10-7-12(17-16-10)15-13(18)9-4-5-11(14)8(2)6-9/h4-7H,3H2,1-2H3,(H2,15,16,17,18). The molecule has 1 amide bonds. The molecule has 1 heterocycles. The molecule has 94 valence electrons. The van der Waals surface area contributed by atoms with Crippen LogP contribution in [0.1, 0.15) is 28.5 Å². The van der Waals surface area contributed by atoms with Crippen molar-refractivity contribution in [3.8, 4) is 0 Å². The van der Waals surface area contributed by atoms with E-state index in [1.54, 1.807) is 13.0 Å². The zero-order chi connectivity index (χ0) is 13.1. The lowest BCUT2D eigenvalue weighted by Gasteiger charge is -2.03. The molecule has 0 fully saturated rings. The number of rotatable bonds is 3. The van der Waals surface area contributed by atoms with E-state index in [0.29, 0.717) is 16.9 Å². The van der Waals surface area contributed by atoms with Crippen molar-refractivity contribution < 1.29 is 9.18 Å². The van der Waals surface area contributed by atoms with E-state index in [4.69, 9.17) is 0 Å². The number of carbonyl (C=O) groups excluding carboxylic acids is 1. The van der Waals surface area contributed by atoms with E-state index in [1.165, 1.54) is 18.2 Å². The fraction of sp³-hybridized carbons (Fsp3) is 0.231. The first-order chi connectivity index (χ1) is 8.60. The van der Waals surface area contributed by atoms with Gasteiger partial charge in [0.1, 0.15) is 5.82 Å². The summed E-state index contributed by atoms with van der Waals surface area (Å²) in [6, 6.07) is 6.02. The Balaban J connectivity index is 2.14. The van der Waals surface area contributed by atoms with Crippen LogP contribution >= 0.6 is 0 Å². The minimum absolute atomic E-state index is 0.299. The molecule has 4 nitrogen and oxygen atoms in total. The number of hydrogen-bond acceptors (Lipinski definition) is 2. The fourth-order valence-electron chi connectivity index (χ4n) is 1.58. The van der Waals surface area contributed by atoms with E-state index in [9.17, 15) is 9.18 Å². The second-order valence-corrected chi connectivity index (χ2v) is 4.05. The van der Waals surface area contributed by atoms with Gasteiger partial charge in [-0.05, 0) is 37.1 Å². The maximum absolute atomic E-state index is 13.1. The monoisotopic (exact) mass is 247 g/mol. The average molecular weight is 247 g/mol. The molecule has 2 aromatic rings. The third-order valence-electron chi connectivity index (χ3n) is 2.67. The first-order valence-corrected chi connectivity index (χ1v) is 5.72. The Morgan fingerprint density at radius 2 is 2.22 bits per heavy atom. The summed E-state index contributed by atoms with van der Waals surface area (Å²) >= 11 is 0. The molecule has 2 rings (SSSR count). The molecule has 2 N–H and O–H groups in total. The van der Waals surface area contributed by atoms with Gasteiger partial charge in [-0.3, -0.25) is 9.89 Å². The van der Waals surface area contributed by atoms with Gasteiger partial charge in [0.25, 0.3) is 5.91 Å². The van der Waals surface area contributed by atoms with Crippen LogP contribution in [0, 0.1) is 12.7 Å². The maximum atomic E-state index is 13.1. The van der Waals surface area contributed by atoms with E-state index in [1.807, 2.05) is 6.92 Å². The van der Waals surface area contributed by atoms with Gasteiger partial charge in [0.2, 0.25) is 0 Å². The summed E-state index contributed by atoms with van der Waals surface area (Å²) in [5.41, 5.74) is 1.80. The topological polar surface area (TPSA) is 57.8 Å². The molecule has 0 saturated carbocycles. The first-order valence-electron chi connectivity index (χ1n) is 5.72. The number of aryl methyl sites for hydroxylation is 2. The maximum Gasteiger partial charge on any atom is 0.256 e. The lowest BCUT2D eigenvalue weighted by Crippen LogP contribution is -2.12. The number of halogens is 1.